The lowest BCUT2D eigenvalue weighted by Crippen LogP contribution is -2.22. The summed E-state index contributed by atoms with van der Waals surface area (Å²) >= 11 is 1.49. The summed E-state index contributed by atoms with van der Waals surface area (Å²) in [5, 5.41) is 6.22. The van der Waals surface area contributed by atoms with Crippen LogP contribution in [0.4, 0.5) is 5.00 Å². The van der Waals surface area contributed by atoms with E-state index < -0.39 is 0 Å². The lowest BCUT2D eigenvalue weighted by Gasteiger charge is -2.18. The second kappa shape index (κ2) is 8.86. The molecule has 0 radical (unpaired) electrons. The van der Waals surface area contributed by atoms with Crippen molar-refractivity contribution in [2.45, 2.75) is 26.2 Å². The summed E-state index contributed by atoms with van der Waals surface area (Å²) in [5.41, 5.74) is 3.20. The van der Waals surface area contributed by atoms with Crippen LogP contribution in [0.2, 0.25) is 0 Å². The molecule has 1 aliphatic rings. The highest BCUT2D eigenvalue weighted by molar-refractivity contribution is 7.17. The maximum Gasteiger partial charge on any atom is 0.256 e. The third kappa shape index (κ3) is 4.30. The number of hydrogen-bond acceptors (Lipinski definition) is 4. The van der Waals surface area contributed by atoms with Crippen molar-refractivity contribution in [3.63, 3.8) is 0 Å². The Morgan fingerprint density at radius 2 is 1.55 bits per heavy atom. The fraction of sp³-hybridized carbons (Fsp3) is 0.240. The number of nitrogens with one attached hydrogen (secondary N) is 2. The number of fused-ring (bicyclic) bond motifs is 1. The lowest BCUT2D eigenvalue weighted by atomic mass is 9.88. The summed E-state index contributed by atoms with van der Waals surface area (Å²) in [6, 6.07) is 15.6. The summed E-state index contributed by atoms with van der Waals surface area (Å²) in [6.07, 6.45) is 2.82. The van der Waals surface area contributed by atoms with Crippen LogP contribution in [0, 0.1) is 5.92 Å². The van der Waals surface area contributed by atoms with Crippen LogP contribution in [0.5, 0.6) is 0 Å². The number of ketones is 1. The van der Waals surface area contributed by atoms with E-state index >= 15 is 0 Å². The van der Waals surface area contributed by atoms with Gasteiger partial charge in [0.2, 0.25) is 0 Å². The first kappa shape index (κ1) is 21.0. The molecule has 158 valence electrons. The van der Waals surface area contributed by atoms with E-state index in [1.54, 1.807) is 43.4 Å². The molecule has 1 aromatic heterocycles. The number of hydrogen-bond donors (Lipinski definition) is 2. The largest absolute Gasteiger partial charge is 0.355 e. The molecular weight excluding hydrogens is 408 g/mol. The number of benzene rings is 2. The average Bonchev–Trinajstić information content (AvgIpc) is 3.15. The molecule has 0 saturated heterocycles. The minimum Gasteiger partial charge on any atom is -0.355 e. The zero-order chi connectivity index (χ0) is 22.0. The molecule has 0 fully saturated rings. The highest BCUT2D eigenvalue weighted by atomic mass is 32.1. The summed E-state index contributed by atoms with van der Waals surface area (Å²) in [5.74, 6) is 0.0121. The van der Waals surface area contributed by atoms with Crippen molar-refractivity contribution in [2.75, 3.05) is 12.4 Å². The predicted molar refractivity (Wildman–Crippen MR) is 123 cm³/mol. The van der Waals surface area contributed by atoms with Crippen LogP contribution in [0.3, 0.4) is 0 Å². The van der Waals surface area contributed by atoms with Crippen LogP contribution >= 0.6 is 11.3 Å². The van der Waals surface area contributed by atoms with E-state index in [0.29, 0.717) is 33.2 Å². The van der Waals surface area contributed by atoms with Gasteiger partial charge in [0.05, 0.1) is 5.56 Å². The summed E-state index contributed by atoms with van der Waals surface area (Å²) in [6.45, 7) is 2.21. The van der Waals surface area contributed by atoms with Crippen molar-refractivity contribution in [2.24, 2.45) is 5.92 Å². The van der Waals surface area contributed by atoms with Gasteiger partial charge < -0.3 is 10.6 Å². The highest BCUT2D eigenvalue weighted by Gasteiger charge is 2.28. The Morgan fingerprint density at radius 3 is 2.23 bits per heavy atom. The Hall–Kier alpha value is -3.25. The van der Waals surface area contributed by atoms with Crippen molar-refractivity contribution in [1.29, 1.82) is 0 Å². The van der Waals surface area contributed by atoms with Gasteiger partial charge in [0.15, 0.2) is 5.78 Å². The van der Waals surface area contributed by atoms with E-state index in [1.165, 1.54) is 16.2 Å². The van der Waals surface area contributed by atoms with Gasteiger partial charge in [-0.15, -0.1) is 11.3 Å². The van der Waals surface area contributed by atoms with Crippen molar-refractivity contribution in [3.8, 4) is 0 Å². The molecule has 0 aliphatic heterocycles. The van der Waals surface area contributed by atoms with E-state index in [0.717, 1.165) is 24.8 Å². The van der Waals surface area contributed by atoms with E-state index in [9.17, 15) is 14.4 Å². The van der Waals surface area contributed by atoms with Crippen molar-refractivity contribution in [3.05, 3.63) is 87.3 Å². The first-order valence-corrected chi connectivity index (χ1v) is 11.2. The van der Waals surface area contributed by atoms with Gasteiger partial charge in [-0.3, -0.25) is 14.4 Å². The molecule has 2 amide bonds. The van der Waals surface area contributed by atoms with E-state index in [1.807, 2.05) is 18.2 Å². The summed E-state index contributed by atoms with van der Waals surface area (Å²) in [7, 11) is 1.60. The first-order valence-electron chi connectivity index (χ1n) is 10.4. The van der Waals surface area contributed by atoms with Crippen molar-refractivity contribution in [1.82, 2.24) is 5.32 Å². The zero-order valence-electron chi connectivity index (χ0n) is 17.5. The van der Waals surface area contributed by atoms with Gasteiger partial charge in [0.1, 0.15) is 5.00 Å². The number of anilines is 1. The van der Waals surface area contributed by atoms with Gasteiger partial charge in [-0.25, -0.2) is 0 Å². The molecule has 0 saturated carbocycles. The van der Waals surface area contributed by atoms with Crippen molar-refractivity contribution < 1.29 is 14.4 Å². The average molecular weight is 433 g/mol. The fourth-order valence-electron chi connectivity index (χ4n) is 3.91. The Bertz CT molecular complexity index is 1130. The van der Waals surface area contributed by atoms with Gasteiger partial charge >= 0.3 is 0 Å². The van der Waals surface area contributed by atoms with Gasteiger partial charge in [0, 0.05) is 28.6 Å². The monoisotopic (exact) mass is 432 g/mol. The molecule has 2 N–H and O–H groups in total. The predicted octanol–water partition coefficient (Wildman–Crippen LogP) is 4.72. The molecule has 31 heavy (non-hydrogen) atoms. The maximum absolute atomic E-state index is 12.9. The lowest BCUT2D eigenvalue weighted by molar-refractivity contribution is 0.0962. The SMILES string of the molecule is CNC(=O)c1c(NC(=O)c2ccc(C(=O)c3ccccc3)cc2)sc2c1CC[C@@H](C)C2. The smallest absolute Gasteiger partial charge is 0.256 e. The minimum atomic E-state index is -0.296. The fourth-order valence-corrected chi connectivity index (χ4v) is 5.31. The van der Waals surface area contributed by atoms with Gasteiger partial charge in [-0.2, -0.15) is 0 Å². The number of amides is 2. The third-order valence-corrected chi connectivity index (χ3v) is 6.81. The molecule has 6 heteroatoms. The second-order valence-corrected chi connectivity index (χ2v) is 8.97. The van der Waals surface area contributed by atoms with Crippen LogP contribution in [0.15, 0.2) is 54.6 Å². The molecule has 5 nitrogen and oxygen atoms in total. The Morgan fingerprint density at radius 1 is 0.903 bits per heavy atom. The molecule has 3 aromatic rings. The maximum atomic E-state index is 12.9. The Kier molecular flexibility index (Phi) is 6.00. The number of rotatable bonds is 5. The zero-order valence-corrected chi connectivity index (χ0v) is 18.3. The molecule has 4 rings (SSSR count). The van der Waals surface area contributed by atoms with Gasteiger partial charge in [0.25, 0.3) is 11.8 Å². The second-order valence-electron chi connectivity index (χ2n) is 7.86. The molecular formula is C25H24N2O3S. The topological polar surface area (TPSA) is 75.3 Å². The standard InChI is InChI=1S/C25H24N2O3S/c1-15-8-13-19-20(14-15)31-25(21(19)24(30)26-2)27-23(29)18-11-9-17(10-12-18)22(28)16-6-4-3-5-7-16/h3-7,9-12,15H,8,13-14H2,1-2H3,(H,26,30)(H,27,29)/t15-/m1/s1. The Balaban J connectivity index is 1.56. The number of carbonyl (C=O) groups excluding carboxylic acids is 3. The van der Waals surface area contributed by atoms with Crippen LogP contribution in [-0.2, 0) is 12.8 Å². The van der Waals surface area contributed by atoms with Crippen LogP contribution in [0.25, 0.3) is 0 Å². The Labute approximate surface area is 185 Å². The molecule has 0 spiro atoms. The van der Waals surface area contributed by atoms with Crippen LogP contribution in [0.1, 0.15) is 60.4 Å². The summed E-state index contributed by atoms with van der Waals surface area (Å²) < 4.78 is 0. The molecule has 0 bridgehead atoms. The molecule has 0 unspecified atom stereocenters. The normalized spacial score (nSPS) is 15.1. The highest BCUT2D eigenvalue weighted by Crippen LogP contribution is 2.39. The van der Waals surface area contributed by atoms with Gasteiger partial charge in [-0.05, 0) is 42.9 Å². The van der Waals surface area contributed by atoms with Gasteiger partial charge in [-0.1, -0.05) is 49.4 Å². The molecule has 2 aromatic carbocycles. The van der Waals surface area contributed by atoms with Crippen LogP contribution in [-0.4, -0.2) is 24.6 Å². The van der Waals surface area contributed by atoms with E-state index in [2.05, 4.69) is 17.6 Å². The molecule has 1 heterocycles. The molecule has 1 atom stereocenters. The first-order chi connectivity index (χ1) is 15.0. The van der Waals surface area contributed by atoms with Crippen LogP contribution < -0.4 is 10.6 Å². The van der Waals surface area contributed by atoms with E-state index in [-0.39, 0.29) is 17.6 Å². The quantitative estimate of drug-likeness (QED) is 0.573. The number of carbonyl (C=O) groups is 3. The van der Waals surface area contributed by atoms with Crippen molar-refractivity contribution >= 4 is 33.9 Å². The molecule has 1 aliphatic carbocycles. The minimum absolute atomic E-state index is 0.0884. The summed E-state index contributed by atoms with van der Waals surface area (Å²) in [4.78, 5) is 39.2. The van der Waals surface area contributed by atoms with E-state index in [4.69, 9.17) is 0 Å². The number of thiophene rings is 1. The third-order valence-electron chi connectivity index (χ3n) is 5.64.